The number of hydrogen-bond acceptors (Lipinski definition) is 3. The van der Waals surface area contributed by atoms with Crippen LogP contribution in [0.15, 0.2) is 54.6 Å². The number of fused-ring (bicyclic) bond motifs is 1. The minimum absolute atomic E-state index is 0.395. The topological polar surface area (TPSA) is 48.1 Å². The van der Waals surface area contributed by atoms with E-state index < -0.39 is 0 Å². The average Bonchev–Trinajstić information content (AvgIpc) is 2.45. The van der Waals surface area contributed by atoms with Crippen LogP contribution in [0.2, 0.25) is 5.02 Å². The number of anilines is 1. The molecule has 100 valence electrons. The molecule has 0 fully saturated rings. The van der Waals surface area contributed by atoms with Gasteiger partial charge >= 0.3 is 0 Å². The van der Waals surface area contributed by atoms with E-state index in [-0.39, 0.29) is 0 Å². The minimum atomic E-state index is 0.395. The smallest absolute Gasteiger partial charge is 0.130 e. The first-order chi connectivity index (χ1) is 9.70. The summed E-state index contributed by atoms with van der Waals surface area (Å²) in [4.78, 5) is 4.53. The summed E-state index contributed by atoms with van der Waals surface area (Å²) < 4.78 is 5.68. The lowest BCUT2D eigenvalue weighted by Crippen LogP contribution is -1.98. The quantitative estimate of drug-likeness (QED) is 0.738. The average molecular weight is 285 g/mol. The fourth-order valence-corrected chi connectivity index (χ4v) is 2.14. The molecule has 0 atom stereocenters. The molecular weight excluding hydrogens is 272 g/mol. The molecule has 1 heterocycles. The fourth-order valence-electron chi connectivity index (χ4n) is 1.97. The Kier molecular flexibility index (Phi) is 3.44. The van der Waals surface area contributed by atoms with E-state index in [4.69, 9.17) is 22.1 Å². The molecule has 3 aromatic rings. The summed E-state index contributed by atoms with van der Waals surface area (Å²) in [5, 5.41) is 1.74. The first kappa shape index (κ1) is 12.8. The summed E-state index contributed by atoms with van der Waals surface area (Å²) in [6.07, 6.45) is 0. The van der Waals surface area contributed by atoms with E-state index in [0.717, 1.165) is 22.3 Å². The van der Waals surface area contributed by atoms with Crippen molar-refractivity contribution in [3.63, 3.8) is 0 Å². The van der Waals surface area contributed by atoms with Crippen LogP contribution in [-0.2, 0) is 6.61 Å². The highest BCUT2D eigenvalue weighted by Crippen LogP contribution is 2.19. The van der Waals surface area contributed by atoms with Crippen LogP contribution in [0.4, 0.5) is 5.69 Å². The van der Waals surface area contributed by atoms with Gasteiger partial charge in [0.1, 0.15) is 12.4 Å². The maximum absolute atomic E-state index is 5.98. The van der Waals surface area contributed by atoms with Crippen LogP contribution < -0.4 is 10.5 Å². The number of rotatable bonds is 3. The second-order valence-corrected chi connectivity index (χ2v) is 4.94. The first-order valence-electron chi connectivity index (χ1n) is 6.24. The number of nitrogens with zero attached hydrogens (tertiary/aromatic N) is 1. The predicted molar refractivity (Wildman–Crippen MR) is 81.9 cm³/mol. The first-order valence-corrected chi connectivity index (χ1v) is 6.62. The van der Waals surface area contributed by atoms with Crippen LogP contribution in [0, 0.1) is 0 Å². The molecule has 20 heavy (non-hydrogen) atoms. The number of nitrogens with two attached hydrogens (primary N) is 1. The Hall–Kier alpha value is -2.26. The molecule has 4 heteroatoms. The minimum Gasteiger partial charge on any atom is -0.487 e. The van der Waals surface area contributed by atoms with Crippen LogP contribution in [0.3, 0.4) is 0 Å². The lowest BCUT2D eigenvalue weighted by atomic mass is 10.2. The summed E-state index contributed by atoms with van der Waals surface area (Å²) in [6.45, 7) is 0.395. The van der Waals surface area contributed by atoms with Gasteiger partial charge in [-0.1, -0.05) is 29.8 Å². The van der Waals surface area contributed by atoms with Gasteiger partial charge < -0.3 is 10.5 Å². The Balaban J connectivity index is 1.80. The number of nitrogen functional groups attached to an aromatic ring is 1. The molecule has 0 bridgehead atoms. The van der Waals surface area contributed by atoms with Crippen molar-refractivity contribution in [2.75, 3.05) is 5.73 Å². The maximum atomic E-state index is 5.98. The van der Waals surface area contributed by atoms with Crippen LogP contribution in [0.25, 0.3) is 10.9 Å². The summed E-state index contributed by atoms with van der Waals surface area (Å²) in [7, 11) is 0. The lowest BCUT2D eigenvalue weighted by molar-refractivity contribution is 0.302. The lowest BCUT2D eigenvalue weighted by Gasteiger charge is -2.07. The molecule has 0 saturated heterocycles. The second kappa shape index (κ2) is 5.39. The zero-order valence-electron chi connectivity index (χ0n) is 10.7. The van der Waals surface area contributed by atoms with E-state index in [0.29, 0.717) is 17.3 Å². The molecule has 1 aromatic heterocycles. The summed E-state index contributed by atoms with van der Waals surface area (Å²) in [5.74, 6) is 0.734. The SMILES string of the molecule is Nc1cccc(OCc2ccc3ccc(Cl)cc3n2)c1. The molecule has 0 aliphatic rings. The van der Waals surface area contributed by atoms with Gasteiger partial charge in [-0.2, -0.15) is 0 Å². The molecule has 0 saturated carbocycles. The van der Waals surface area contributed by atoms with E-state index in [9.17, 15) is 0 Å². The zero-order chi connectivity index (χ0) is 13.9. The molecule has 0 aliphatic heterocycles. The van der Waals surface area contributed by atoms with Gasteiger partial charge in [0.05, 0.1) is 11.2 Å². The van der Waals surface area contributed by atoms with Gasteiger partial charge in [-0.3, -0.25) is 0 Å². The van der Waals surface area contributed by atoms with Gasteiger partial charge in [0.2, 0.25) is 0 Å². The third-order valence-corrected chi connectivity index (χ3v) is 3.19. The monoisotopic (exact) mass is 284 g/mol. The van der Waals surface area contributed by atoms with Gasteiger partial charge in [0.15, 0.2) is 0 Å². The largest absolute Gasteiger partial charge is 0.487 e. The van der Waals surface area contributed by atoms with Crippen LogP contribution in [0.1, 0.15) is 5.69 Å². The molecule has 0 unspecified atom stereocenters. The van der Waals surface area contributed by atoms with Crippen LogP contribution in [0.5, 0.6) is 5.75 Å². The third kappa shape index (κ3) is 2.83. The van der Waals surface area contributed by atoms with Crippen molar-refractivity contribution in [1.29, 1.82) is 0 Å². The number of halogens is 1. The number of benzene rings is 2. The van der Waals surface area contributed by atoms with E-state index in [1.54, 1.807) is 6.07 Å². The van der Waals surface area contributed by atoms with Crippen molar-refractivity contribution < 1.29 is 4.74 Å². The Morgan fingerprint density at radius 1 is 1.05 bits per heavy atom. The summed E-state index contributed by atoms with van der Waals surface area (Å²) >= 11 is 5.98. The molecule has 0 amide bonds. The Bertz CT molecular complexity index is 758. The zero-order valence-corrected chi connectivity index (χ0v) is 11.5. The highest BCUT2D eigenvalue weighted by Gasteiger charge is 2.01. The van der Waals surface area contributed by atoms with Gasteiger partial charge in [0, 0.05) is 22.2 Å². The molecule has 0 radical (unpaired) electrons. The van der Waals surface area contributed by atoms with E-state index in [2.05, 4.69) is 4.98 Å². The molecule has 3 nitrogen and oxygen atoms in total. The fraction of sp³-hybridized carbons (Fsp3) is 0.0625. The summed E-state index contributed by atoms with van der Waals surface area (Å²) in [5.41, 5.74) is 8.11. The van der Waals surface area contributed by atoms with E-state index >= 15 is 0 Å². The van der Waals surface area contributed by atoms with Crippen LogP contribution in [-0.4, -0.2) is 4.98 Å². The van der Waals surface area contributed by atoms with Crippen molar-refractivity contribution in [2.24, 2.45) is 0 Å². The number of pyridine rings is 1. The van der Waals surface area contributed by atoms with Crippen molar-refractivity contribution in [1.82, 2.24) is 4.98 Å². The summed E-state index contributed by atoms with van der Waals surface area (Å²) in [6, 6.07) is 17.0. The normalized spacial score (nSPS) is 10.7. The number of hydrogen-bond donors (Lipinski definition) is 1. The van der Waals surface area contributed by atoms with Crippen molar-refractivity contribution in [2.45, 2.75) is 6.61 Å². The Morgan fingerprint density at radius 3 is 2.75 bits per heavy atom. The highest BCUT2D eigenvalue weighted by molar-refractivity contribution is 6.31. The highest BCUT2D eigenvalue weighted by atomic mass is 35.5. The van der Waals surface area contributed by atoms with Gasteiger partial charge in [0.25, 0.3) is 0 Å². The molecule has 3 rings (SSSR count). The maximum Gasteiger partial charge on any atom is 0.130 e. The van der Waals surface area contributed by atoms with E-state index in [1.807, 2.05) is 48.5 Å². The van der Waals surface area contributed by atoms with Gasteiger partial charge in [-0.25, -0.2) is 4.98 Å². The predicted octanol–water partition coefficient (Wildman–Crippen LogP) is 4.05. The van der Waals surface area contributed by atoms with Gasteiger partial charge in [-0.05, 0) is 30.3 Å². The molecule has 0 spiro atoms. The second-order valence-electron chi connectivity index (χ2n) is 4.50. The van der Waals surface area contributed by atoms with Crippen molar-refractivity contribution in [3.05, 3.63) is 65.3 Å². The van der Waals surface area contributed by atoms with Crippen molar-refractivity contribution in [3.8, 4) is 5.75 Å². The molecular formula is C16H13ClN2O. The molecule has 2 aromatic carbocycles. The van der Waals surface area contributed by atoms with Gasteiger partial charge in [-0.15, -0.1) is 0 Å². The number of aromatic nitrogens is 1. The Morgan fingerprint density at radius 2 is 1.90 bits per heavy atom. The van der Waals surface area contributed by atoms with E-state index in [1.165, 1.54) is 0 Å². The standard InChI is InChI=1S/C16H13ClN2O/c17-12-6-4-11-5-7-14(19-16(11)8-12)10-20-15-3-1-2-13(18)9-15/h1-9H,10,18H2. The third-order valence-electron chi connectivity index (χ3n) is 2.96. The Labute approximate surface area is 122 Å². The van der Waals surface area contributed by atoms with Crippen molar-refractivity contribution >= 4 is 28.2 Å². The number of ether oxygens (including phenoxy) is 1. The molecule has 2 N–H and O–H groups in total. The van der Waals surface area contributed by atoms with Crippen LogP contribution >= 0.6 is 11.6 Å². The molecule has 0 aliphatic carbocycles.